The summed E-state index contributed by atoms with van der Waals surface area (Å²) in [4.78, 5) is 20.2. The zero-order valence-electron chi connectivity index (χ0n) is 13.7. The largest absolute Gasteiger partial charge is 0.324 e. The number of nitrogens with zero attached hydrogens (tertiary/aromatic N) is 3. The Labute approximate surface area is 144 Å². The topological polar surface area (TPSA) is 75.6 Å². The predicted molar refractivity (Wildman–Crippen MR) is 97.0 cm³/mol. The van der Waals surface area contributed by atoms with Crippen molar-refractivity contribution in [3.63, 3.8) is 0 Å². The van der Waals surface area contributed by atoms with Crippen LogP contribution in [0.5, 0.6) is 0 Å². The summed E-state index contributed by atoms with van der Waals surface area (Å²) < 4.78 is 1.80. The summed E-state index contributed by atoms with van der Waals surface area (Å²) in [6.45, 7) is 2.01. The number of rotatable bonds is 4. The van der Waals surface area contributed by atoms with Crippen LogP contribution in [0.15, 0.2) is 60.8 Å². The number of carbonyl (C=O) groups excluding carboxylic acids is 1. The first-order valence-corrected chi connectivity index (χ1v) is 8.14. The lowest BCUT2D eigenvalue weighted by Gasteiger charge is -2.07. The van der Waals surface area contributed by atoms with Crippen LogP contribution in [0, 0.1) is 0 Å². The number of anilines is 1. The van der Waals surface area contributed by atoms with Gasteiger partial charge in [-0.05, 0) is 30.7 Å². The summed E-state index contributed by atoms with van der Waals surface area (Å²) in [6.07, 6.45) is 2.29. The highest BCUT2D eigenvalue weighted by atomic mass is 16.1. The number of para-hydroxylation sites is 3. The third-order valence-electron chi connectivity index (χ3n) is 4.07. The highest BCUT2D eigenvalue weighted by Crippen LogP contribution is 2.18. The quantitative estimate of drug-likeness (QED) is 0.600. The van der Waals surface area contributed by atoms with Gasteiger partial charge in [0.25, 0.3) is 5.91 Å². The molecule has 0 aliphatic carbocycles. The number of benzene rings is 2. The maximum Gasteiger partial charge on any atom is 0.261 e. The smallest absolute Gasteiger partial charge is 0.261 e. The number of imidazole rings is 1. The Morgan fingerprint density at radius 1 is 1.12 bits per heavy atom. The fourth-order valence-corrected chi connectivity index (χ4v) is 2.88. The van der Waals surface area contributed by atoms with Gasteiger partial charge in [-0.15, -0.1) is 0 Å². The van der Waals surface area contributed by atoms with Crippen LogP contribution in [-0.2, 0) is 6.42 Å². The third kappa shape index (κ3) is 2.78. The molecule has 0 spiro atoms. The van der Waals surface area contributed by atoms with Gasteiger partial charge in [0.1, 0.15) is 0 Å². The third-order valence-corrected chi connectivity index (χ3v) is 4.07. The molecule has 124 valence electrons. The fourth-order valence-electron chi connectivity index (χ4n) is 2.88. The summed E-state index contributed by atoms with van der Waals surface area (Å²) in [5.74, 6) is 0.207. The molecule has 4 aromatic rings. The number of hydrogen-bond acceptors (Lipinski definition) is 3. The molecule has 0 atom stereocenters. The van der Waals surface area contributed by atoms with Crippen molar-refractivity contribution >= 4 is 22.9 Å². The molecule has 0 aliphatic heterocycles. The van der Waals surface area contributed by atoms with Crippen LogP contribution in [0.25, 0.3) is 16.7 Å². The van der Waals surface area contributed by atoms with Crippen molar-refractivity contribution in [2.24, 2.45) is 0 Å². The van der Waals surface area contributed by atoms with E-state index in [1.54, 1.807) is 10.9 Å². The van der Waals surface area contributed by atoms with Crippen molar-refractivity contribution in [2.75, 3.05) is 5.32 Å². The summed E-state index contributed by atoms with van der Waals surface area (Å²) in [6, 6.07) is 17.4. The molecule has 2 aromatic heterocycles. The molecule has 1 amide bonds. The van der Waals surface area contributed by atoms with Gasteiger partial charge in [0, 0.05) is 0 Å². The lowest BCUT2D eigenvalue weighted by Crippen LogP contribution is -2.15. The Kier molecular flexibility index (Phi) is 3.78. The average molecular weight is 331 g/mol. The zero-order valence-corrected chi connectivity index (χ0v) is 13.7. The van der Waals surface area contributed by atoms with E-state index in [0.717, 1.165) is 22.4 Å². The van der Waals surface area contributed by atoms with Gasteiger partial charge >= 0.3 is 0 Å². The Bertz CT molecular complexity index is 999. The molecule has 6 nitrogen and oxygen atoms in total. The van der Waals surface area contributed by atoms with Gasteiger partial charge in [0.05, 0.1) is 34.2 Å². The first-order chi connectivity index (χ1) is 12.3. The minimum absolute atomic E-state index is 0.224. The van der Waals surface area contributed by atoms with Crippen LogP contribution in [0.2, 0.25) is 0 Å². The first-order valence-electron chi connectivity index (χ1n) is 8.14. The van der Waals surface area contributed by atoms with E-state index in [0.29, 0.717) is 17.9 Å². The van der Waals surface area contributed by atoms with Crippen molar-refractivity contribution in [1.29, 1.82) is 0 Å². The second-order valence-corrected chi connectivity index (χ2v) is 5.66. The highest BCUT2D eigenvalue weighted by molar-refractivity contribution is 6.04. The molecule has 0 fully saturated rings. The Balaban J connectivity index is 1.65. The van der Waals surface area contributed by atoms with Gasteiger partial charge in [-0.2, -0.15) is 5.10 Å². The second-order valence-electron chi connectivity index (χ2n) is 5.66. The fraction of sp³-hybridized carbons (Fsp3) is 0.105. The van der Waals surface area contributed by atoms with Crippen LogP contribution < -0.4 is 5.32 Å². The van der Waals surface area contributed by atoms with E-state index >= 15 is 0 Å². The molecule has 0 saturated heterocycles. The highest BCUT2D eigenvalue weighted by Gasteiger charge is 2.18. The summed E-state index contributed by atoms with van der Waals surface area (Å²) in [7, 11) is 0. The number of carbonyl (C=O) groups is 1. The van der Waals surface area contributed by atoms with Crippen LogP contribution >= 0.6 is 0 Å². The minimum atomic E-state index is -0.224. The van der Waals surface area contributed by atoms with E-state index in [1.165, 1.54) is 0 Å². The Morgan fingerprint density at radius 3 is 2.64 bits per heavy atom. The number of fused-ring (bicyclic) bond motifs is 1. The molecular formula is C19H17N5O. The number of nitrogens with one attached hydrogen (secondary N) is 2. The van der Waals surface area contributed by atoms with E-state index in [4.69, 9.17) is 0 Å². The Hall–Kier alpha value is -3.41. The number of H-pyrrole nitrogens is 1. The van der Waals surface area contributed by atoms with Crippen LogP contribution in [0.3, 0.4) is 0 Å². The minimum Gasteiger partial charge on any atom is -0.324 e. The number of aromatic amines is 1. The lowest BCUT2D eigenvalue weighted by atomic mass is 10.2. The number of aromatic nitrogens is 4. The monoisotopic (exact) mass is 331 g/mol. The molecule has 6 heteroatoms. The van der Waals surface area contributed by atoms with Crippen molar-refractivity contribution in [3.05, 3.63) is 72.1 Å². The van der Waals surface area contributed by atoms with Crippen LogP contribution in [0.1, 0.15) is 23.0 Å². The molecule has 25 heavy (non-hydrogen) atoms. The van der Waals surface area contributed by atoms with Crippen LogP contribution in [-0.4, -0.2) is 25.7 Å². The van der Waals surface area contributed by atoms with E-state index in [9.17, 15) is 4.79 Å². The number of amides is 1. The second kappa shape index (κ2) is 6.24. The van der Waals surface area contributed by atoms with Gasteiger partial charge in [-0.3, -0.25) is 10.1 Å². The zero-order chi connectivity index (χ0) is 17.2. The molecule has 0 unspecified atom stereocenters. The molecule has 0 aliphatic rings. The summed E-state index contributed by atoms with van der Waals surface area (Å²) >= 11 is 0. The van der Waals surface area contributed by atoms with Crippen LogP contribution in [0.4, 0.5) is 5.95 Å². The van der Waals surface area contributed by atoms with E-state index in [2.05, 4.69) is 20.4 Å². The maximum absolute atomic E-state index is 12.7. The van der Waals surface area contributed by atoms with Gasteiger partial charge in [-0.1, -0.05) is 37.3 Å². The van der Waals surface area contributed by atoms with Crippen molar-refractivity contribution in [3.8, 4) is 5.69 Å². The van der Waals surface area contributed by atoms with Crippen molar-refractivity contribution in [1.82, 2.24) is 19.7 Å². The molecule has 0 bridgehead atoms. The van der Waals surface area contributed by atoms with Gasteiger partial charge in [0.15, 0.2) is 0 Å². The van der Waals surface area contributed by atoms with Gasteiger partial charge < -0.3 is 4.98 Å². The summed E-state index contributed by atoms with van der Waals surface area (Å²) in [5.41, 5.74) is 4.04. The number of hydrogen-bond donors (Lipinski definition) is 2. The summed E-state index contributed by atoms with van der Waals surface area (Å²) in [5, 5.41) is 7.22. The molecular weight excluding hydrogens is 314 g/mol. The van der Waals surface area contributed by atoms with Gasteiger partial charge in [-0.25, -0.2) is 9.67 Å². The predicted octanol–water partition coefficient (Wildman–Crippen LogP) is 3.56. The normalized spacial score (nSPS) is 10.9. The lowest BCUT2D eigenvalue weighted by molar-refractivity contribution is 0.102. The van der Waals surface area contributed by atoms with E-state index in [-0.39, 0.29) is 5.91 Å². The molecule has 2 heterocycles. The standard InChI is InChI=1S/C19H17N5O/c1-2-17-14(12-20-24(17)13-8-4-3-5-9-13)18(25)23-19-21-15-10-6-7-11-16(15)22-19/h3-12H,2H2,1H3,(H2,21,22,23,25). The molecule has 2 N–H and O–H groups in total. The maximum atomic E-state index is 12.7. The van der Waals surface area contributed by atoms with E-state index in [1.807, 2.05) is 61.5 Å². The molecule has 4 rings (SSSR count). The average Bonchev–Trinajstić information content (AvgIpc) is 3.25. The van der Waals surface area contributed by atoms with Crippen molar-refractivity contribution in [2.45, 2.75) is 13.3 Å². The molecule has 0 radical (unpaired) electrons. The molecule has 2 aromatic carbocycles. The van der Waals surface area contributed by atoms with Crippen molar-refractivity contribution < 1.29 is 4.79 Å². The SMILES string of the molecule is CCc1c(C(=O)Nc2nc3ccccc3[nH]2)cnn1-c1ccccc1. The van der Waals surface area contributed by atoms with Gasteiger partial charge in [0.2, 0.25) is 5.95 Å². The first kappa shape index (κ1) is 15.1. The Morgan fingerprint density at radius 2 is 1.88 bits per heavy atom. The van der Waals surface area contributed by atoms with E-state index < -0.39 is 0 Å². The molecule has 0 saturated carbocycles.